The van der Waals surface area contributed by atoms with Crippen LogP contribution in [-0.2, 0) is 28.8 Å². The molecule has 1 saturated heterocycles. The van der Waals surface area contributed by atoms with Crippen molar-refractivity contribution in [1.29, 1.82) is 0 Å². The van der Waals surface area contributed by atoms with Crippen molar-refractivity contribution in [3.8, 4) is 0 Å². The van der Waals surface area contributed by atoms with E-state index >= 15 is 0 Å². The molecule has 8 N–H and O–H groups in total. The first-order chi connectivity index (χ1) is 15.9. The van der Waals surface area contributed by atoms with Gasteiger partial charge in [0.15, 0.2) is 0 Å². The highest BCUT2D eigenvalue weighted by atomic mass is 16.4. The molecule has 1 rings (SSSR count). The third kappa shape index (κ3) is 8.61. The predicted octanol–water partition coefficient (Wildman–Crippen LogP) is -1.46. The number of carboxylic acid groups (broad SMARTS) is 2. The van der Waals surface area contributed by atoms with Crippen LogP contribution in [-0.4, -0.2) is 81.4 Å². The molecule has 1 aliphatic heterocycles. The summed E-state index contributed by atoms with van der Waals surface area (Å²) in [5.74, 6) is -5.35. The maximum absolute atomic E-state index is 13.0. The lowest BCUT2D eigenvalue weighted by molar-refractivity contribution is -0.144. The van der Waals surface area contributed by atoms with Gasteiger partial charge in [0.05, 0.1) is 6.04 Å². The van der Waals surface area contributed by atoms with Crippen LogP contribution in [0.25, 0.3) is 0 Å². The Hall–Kier alpha value is -3.22. The summed E-state index contributed by atoms with van der Waals surface area (Å²) < 4.78 is 0. The monoisotopic (exact) mass is 485 g/mol. The highest BCUT2D eigenvalue weighted by Crippen LogP contribution is 2.20. The number of carbonyl (C=O) groups excluding carboxylic acids is 4. The smallest absolute Gasteiger partial charge is 0.326 e. The van der Waals surface area contributed by atoms with Gasteiger partial charge in [-0.2, -0.15) is 0 Å². The van der Waals surface area contributed by atoms with Crippen LogP contribution in [0.1, 0.15) is 58.8 Å². The van der Waals surface area contributed by atoms with Gasteiger partial charge >= 0.3 is 11.9 Å². The summed E-state index contributed by atoms with van der Waals surface area (Å²) in [5, 5.41) is 23.1. The lowest BCUT2D eigenvalue weighted by atomic mass is 9.97. The maximum Gasteiger partial charge on any atom is 0.326 e. The number of carbonyl (C=O) groups is 6. The number of rotatable bonds is 14. The minimum atomic E-state index is -1.36. The molecule has 1 fully saturated rings. The van der Waals surface area contributed by atoms with Crippen LogP contribution in [0.4, 0.5) is 0 Å². The number of amides is 4. The summed E-state index contributed by atoms with van der Waals surface area (Å²) >= 11 is 0. The number of nitrogens with two attached hydrogens (primary N) is 2. The molecule has 0 aromatic carbocycles. The summed E-state index contributed by atoms with van der Waals surface area (Å²) in [6.07, 6.45) is 0.575. The maximum atomic E-state index is 13.0. The van der Waals surface area contributed by atoms with Gasteiger partial charge in [-0.3, -0.25) is 24.0 Å². The number of nitrogens with zero attached hydrogens (tertiary/aromatic N) is 1. The van der Waals surface area contributed by atoms with Gasteiger partial charge in [-0.15, -0.1) is 0 Å². The van der Waals surface area contributed by atoms with Crippen LogP contribution in [0.5, 0.6) is 0 Å². The van der Waals surface area contributed by atoms with E-state index in [1.807, 2.05) is 0 Å². The Morgan fingerprint density at radius 2 is 1.71 bits per heavy atom. The molecular formula is C21H35N5O8. The number of nitrogens with one attached hydrogen (secondary N) is 2. The van der Waals surface area contributed by atoms with Gasteiger partial charge in [0.2, 0.25) is 23.6 Å². The van der Waals surface area contributed by atoms with E-state index in [1.165, 1.54) is 4.90 Å². The average molecular weight is 486 g/mol. The van der Waals surface area contributed by atoms with Gasteiger partial charge in [0.1, 0.15) is 18.1 Å². The molecule has 1 aliphatic rings. The largest absolute Gasteiger partial charge is 0.481 e. The first-order valence-electron chi connectivity index (χ1n) is 11.3. The van der Waals surface area contributed by atoms with E-state index in [0.29, 0.717) is 19.3 Å². The van der Waals surface area contributed by atoms with Crippen molar-refractivity contribution in [3.63, 3.8) is 0 Å². The van der Waals surface area contributed by atoms with Crippen molar-refractivity contribution >= 4 is 35.6 Å². The van der Waals surface area contributed by atoms with Gasteiger partial charge in [0.25, 0.3) is 0 Å². The van der Waals surface area contributed by atoms with Gasteiger partial charge in [0, 0.05) is 19.4 Å². The Kier molecular flexibility index (Phi) is 11.4. The molecule has 0 saturated carbocycles. The fourth-order valence-corrected chi connectivity index (χ4v) is 3.68. The zero-order chi connectivity index (χ0) is 26.0. The SMILES string of the molecule is CCC(C)C(NC(=O)C1CCCN1C(=O)C(N)CCC(=O)O)C(=O)NC(CCC(N)=O)C(=O)O. The molecule has 5 atom stereocenters. The molecule has 0 aromatic heterocycles. The van der Waals surface area contributed by atoms with E-state index in [0.717, 1.165) is 0 Å². The van der Waals surface area contributed by atoms with Crippen molar-refractivity contribution in [1.82, 2.24) is 15.5 Å². The highest BCUT2D eigenvalue weighted by Gasteiger charge is 2.38. The quantitative estimate of drug-likeness (QED) is 0.169. The number of aliphatic carboxylic acids is 2. The Labute approximate surface area is 197 Å². The van der Waals surface area contributed by atoms with Crippen LogP contribution in [0.15, 0.2) is 0 Å². The standard InChI is InChI=1S/C21H35N5O8/c1-3-11(2)17(19(31)24-13(21(33)34)7-8-15(23)27)25-18(30)14-5-4-10-26(14)20(32)12(22)6-9-16(28)29/h11-14,17H,3-10,22H2,1-2H3,(H2,23,27)(H,24,31)(H,25,30)(H,28,29)(H,33,34). The minimum absolute atomic E-state index is 0.0706. The first kappa shape index (κ1) is 28.8. The summed E-state index contributed by atoms with van der Waals surface area (Å²) in [6.45, 7) is 3.78. The predicted molar refractivity (Wildman–Crippen MR) is 119 cm³/mol. The lowest BCUT2D eigenvalue weighted by Crippen LogP contribution is -2.58. The molecule has 4 amide bonds. The number of likely N-dealkylation sites (tertiary alicyclic amines) is 1. The molecule has 5 unspecified atom stereocenters. The van der Waals surface area contributed by atoms with Crippen LogP contribution in [0, 0.1) is 5.92 Å². The topological polar surface area (TPSA) is 222 Å². The molecular weight excluding hydrogens is 450 g/mol. The summed E-state index contributed by atoms with van der Waals surface area (Å²) in [6, 6.07) is -4.39. The first-order valence-corrected chi connectivity index (χ1v) is 11.3. The molecule has 0 radical (unpaired) electrons. The minimum Gasteiger partial charge on any atom is -0.481 e. The molecule has 0 spiro atoms. The summed E-state index contributed by atoms with van der Waals surface area (Å²) in [5.41, 5.74) is 10.9. The van der Waals surface area contributed by atoms with Crippen LogP contribution < -0.4 is 22.1 Å². The van der Waals surface area contributed by atoms with Gasteiger partial charge in [-0.1, -0.05) is 20.3 Å². The van der Waals surface area contributed by atoms with Crippen LogP contribution >= 0.6 is 0 Å². The fourth-order valence-electron chi connectivity index (χ4n) is 3.68. The molecule has 0 aromatic rings. The fraction of sp³-hybridized carbons (Fsp3) is 0.714. The van der Waals surface area contributed by atoms with Crippen LogP contribution in [0.3, 0.4) is 0 Å². The zero-order valence-corrected chi connectivity index (χ0v) is 19.5. The molecule has 0 aliphatic carbocycles. The van der Waals surface area contributed by atoms with E-state index in [1.54, 1.807) is 13.8 Å². The van der Waals surface area contributed by atoms with Crippen molar-refractivity contribution in [2.45, 2.75) is 83.0 Å². The van der Waals surface area contributed by atoms with Gasteiger partial charge in [-0.25, -0.2) is 4.79 Å². The Morgan fingerprint density at radius 1 is 1.06 bits per heavy atom. The molecule has 13 heteroatoms. The third-order valence-electron chi connectivity index (χ3n) is 5.91. The van der Waals surface area contributed by atoms with Gasteiger partial charge < -0.3 is 37.2 Å². The molecule has 34 heavy (non-hydrogen) atoms. The van der Waals surface area contributed by atoms with E-state index in [4.69, 9.17) is 16.6 Å². The summed E-state index contributed by atoms with van der Waals surface area (Å²) in [4.78, 5) is 73.1. The van der Waals surface area contributed by atoms with Crippen molar-refractivity contribution in [2.24, 2.45) is 17.4 Å². The summed E-state index contributed by atoms with van der Waals surface area (Å²) in [7, 11) is 0. The average Bonchev–Trinajstić information content (AvgIpc) is 3.26. The normalized spacial score (nSPS) is 18.9. The number of primary amides is 1. The third-order valence-corrected chi connectivity index (χ3v) is 5.91. The number of carboxylic acids is 2. The van der Waals surface area contributed by atoms with Crippen molar-refractivity contribution in [2.75, 3.05) is 6.54 Å². The molecule has 13 nitrogen and oxygen atoms in total. The Bertz CT molecular complexity index is 789. The van der Waals surface area contributed by atoms with Crippen LogP contribution in [0.2, 0.25) is 0 Å². The van der Waals surface area contributed by atoms with Crippen molar-refractivity contribution < 1.29 is 39.0 Å². The lowest BCUT2D eigenvalue weighted by Gasteiger charge is -2.30. The Morgan fingerprint density at radius 3 is 2.24 bits per heavy atom. The second kappa shape index (κ2) is 13.5. The second-order valence-corrected chi connectivity index (χ2v) is 8.50. The second-order valence-electron chi connectivity index (χ2n) is 8.50. The molecule has 1 heterocycles. The zero-order valence-electron chi connectivity index (χ0n) is 19.5. The van der Waals surface area contributed by atoms with E-state index in [-0.39, 0.29) is 38.1 Å². The van der Waals surface area contributed by atoms with E-state index in [9.17, 15) is 33.9 Å². The van der Waals surface area contributed by atoms with E-state index < -0.39 is 59.7 Å². The highest BCUT2D eigenvalue weighted by molar-refractivity contribution is 5.94. The van der Waals surface area contributed by atoms with Gasteiger partial charge in [-0.05, 0) is 31.6 Å². The Balaban J connectivity index is 2.91. The number of hydrogen-bond acceptors (Lipinski definition) is 7. The number of hydrogen-bond donors (Lipinski definition) is 6. The van der Waals surface area contributed by atoms with E-state index in [2.05, 4.69) is 10.6 Å². The molecule has 0 bridgehead atoms. The van der Waals surface area contributed by atoms with Crippen molar-refractivity contribution in [3.05, 3.63) is 0 Å². The molecule has 192 valence electrons.